The van der Waals surface area contributed by atoms with Crippen LogP contribution in [0.25, 0.3) is 6.08 Å². The Morgan fingerprint density at radius 2 is 2.00 bits per heavy atom. The summed E-state index contributed by atoms with van der Waals surface area (Å²) in [5.41, 5.74) is 3.00. The van der Waals surface area contributed by atoms with E-state index in [0.29, 0.717) is 17.7 Å². The number of nitrogens with zero attached hydrogens (tertiary/aromatic N) is 3. The zero-order valence-electron chi connectivity index (χ0n) is 13.0. The van der Waals surface area contributed by atoms with Crippen LogP contribution in [0, 0.1) is 11.3 Å². The van der Waals surface area contributed by atoms with Crippen LogP contribution in [0.15, 0.2) is 73.1 Å². The van der Waals surface area contributed by atoms with E-state index in [0.717, 1.165) is 5.56 Å². The maximum atomic E-state index is 12.2. The molecular weight excluding hydrogens is 298 g/mol. The first-order valence-corrected chi connectivity index (χ1v) is 7.53. The lowest BCUT2D eigenvalue weighted by molar-refractivity contribution is 0.104. The van der Waals surface area contributed by atoms with Crippen molar-refractivity contribution in [2.45, 2.75) is 6.54 Å². The molecule has 24 heavy (non-hydrogen) atoms. The molecule has 4 nitrogen and oxygen atoms in total. The molecule has 0 amide bonds. The zero-order chi connectivity index (χ0) is 16.8. The van der Waals surface area contributed by atoms with Crippen molar-refractivity contribution in [2.24, 2.45) is 0 Å². The molecule has 0 saturated carbocycles. The van der Waals surface area contributed by atoms with Crippen LogP contribution in [0.5, 0.6) is 0 Å². The summed E-state index contributed by atoms with van der Waals surface area (Å²) in [6.45, 7) is 0.687. The van der Waals surface area contributed by atoms with E-state index in [1.54, 1.807) is 36.5 Å². The molecule has 0 spiro atoms. The van der Waals surface area contributed by atoms with Crippen molar-refractivity contribution in [3.05, 3.63) is 95.3 Å². The van der Waals surface area contributed by atoms with Gasteiger partial charge in [0.15, 0.2) is 5.78 Å². The van der Waals surface area contributed by atoms with Crippen LogP contribution < -0.4 is 0 Å². The fourth-order valence-electron chi connectivity index (χ4n) is 2.33. The molecule has 0 atom stereocenters. The minimum atomic E-state index is -0.136. The Hall–Kier alpha value is -3.45. The van der Waals surface area contributed by atoms with Crippen LogP contribution in [-0.4, -0.2) is 15.6 Å². The highest BCUT2D eigenvalue weighted by Crippen LogP contribution is 2.09. The van der Waals surface area contributed by atoms with E-state index in [-0.39, 0.29) is 5.78 Å². The minimum Gasteiger partial charge on any atom is -0.289 e. The second-order valence-electron chi connectivity index (χ2n) is 5.35. The Kier molecular flexibility index (Phi) is 4.64. The van der Waals surface area contributed by atoms with Gasteiger partial charge in [-0.2, -0.15) is 10.4 Å². The van der Waals surface area contributed by atoms with E-state index in [1.807, 2.05) is 47.3 Å². The molecule has 0 unspecified atom stereocenters. The summed E-state index contributed by atoms with van der Waals surface area (Å²) in [5, 5.41) is 13.2. The monoisotopic (exact) mass is 313 g/mol. The number of ketones is 1. The highest BCUT2D eigenvalue weighted by molar-refractivity contribution is 6.06. The van der Waals surface area contributed by atoms with E-state index in [9.17, 15) is 4.79 Å². The Balaban J connectivity index is 1.68. The van der Waals surface area contributed by atoms with Crippen molar-refractivity contribution in [3.8, 4) is 6.07 Å². The lowest BCUT2D eigenvalue weighted by atomic mass is 10.1. The first kappa shape index (κ1) is 15.4. The third kappa shape index (κ3) is 3.84. The fourth-order valence-corrected chi connectivity index (χ4v) is 2.33. The Labute approximate surface area is 140 Å². The van der Waals surface area contributed by atoms with Crippen LogP contribution in [-0.2, 0) is 6.54 Å². The van der Waals surface area contributed by atoms with E-state index < -0.39 is 0 Å². The van der Waals surface area contributed by atoms with Crippen molar-refractivity contribution >= 4 is 11.9 Å². The maximum absolute atomic E-state index is 12.2. The Bertz CT molecular complexity index is 917. The summed E-state index contributed by atoms with van der Waals surface area (Å²) in [6.07, 6.45) is 6.84. The molecule has 0 aliphatic heterocycles. The lowest BCUT2D eigenvalue weighted by Gasteiger charge is -2.00. The van der Waals surface area contributed by atoms with Gasteiger partial charge in [-0.15, -0.1) is 0 Å². The second-order valence-corrected chi connectivity index (χ2v) is 5.35. The largest absolute Gasteiger partial charge is 0.289 e. The topological polar surface area (TPSA) is 58.7 Å². The van der Waals surface area contributed by atoms with Gasteiger partial charge in [0.05, 0.1) is 24.4 Å². The van der Waals surface area contributed by atoms with Gasteiger partial charge in [-0.25, -0.2) is 0 Å². The van der Waals surface area contributed by atoms with Gasteiger partial charge in [0.2, 0.25) is 0 Å². The SMILES string of the molecule is N#Cc1cccc(C(=O)C=Cc2cnn(Cc3ccccc3)c2)c1. The molecule has 0 bridgehead atoms. The van der Waals surface area contributed by atoms with Crippen LogP contribution in [0.3, 0.4) is 0 Å². The Morgan fingerprint density at radius 3 is 2.79 bits per heavy atom. The van der Waals surface area contributed by atoms with Gasteiger partial charge in [0.25, 0.3) is 0 Å². The molecule has 2 aromatic carbocycles. The molecule has 0 fully saturated rings. The third-order valence-electron chi connectivity index (χ3n) is 3.54. The number of hydrogen-bond donors (Lipinski definition) is 0. The first-order valence-electron chi connectivity index (χ1n) is 7.53. The van der Waals surface area contributed by atoms with Crippen LogP contribution in [0.4, 0.5) is 0 Å². The average molecular weight is 313 g/mol. The van der Waals surface area contributed by atoms with E-state index in [4.69, 9.17) is 5.26 Å². The number of rotatable bonds is 5. The molecule has 0 aliphatic rings. The summed E-state index contributed by atoms with van der Waals surface area (Å²) in [5.74, 6) is -0.136. The maximum Gasteiger partial charge on any atom is 0.185 e. The molecular formula is C20H15N3O. The van der Waals surface area contributed by atoms with Crippen molar-refractivity contribution in [2.75, 3.05) is 0 Å². The number of benzene rings is 2. The van der Waals surface area contributed by atoms with Gasteiger partial charge in [-0.05, 0) is 29.8 Å². The number of carbonyl (C=O) groups is 1. The first-order chi connectivity index (χ1) is 11.7. The van der Waals surface area contributed by atoms with Gasteiger partial charge < -0.3 is 0 Å². The van der Waals surface area contributed by atoms with Crippen LogP contribution in [0.1, 0.15) is 27.0 Å². The number of hydrogen-bond acceptors (Lipinski definition) is 3. The molecule has 4 heteroatoms. The van der Waals surface area contributed by atoms with Gasteiger partial charge in [0, 0.05) is 17.3 Å². The molecule has 0 saturated heterocycles. The van der Waals surface area contributed by atoms with Gasteiger partial charge >= 0.3 is 0 Å². The predicted molar refractivity (Wildman–Crippen MR) is 92.3 cm³/mol. The summed E-state index contributed by atoms with van der Waals surface area (Å²) < 4.78 is 1.83. The summed E-state index contributed by atoms with van der Waals surface area (Å²) >= 11 is 0. The minimum absolute atomic E-state index is 0.136. The lowest BCUT2D eigenvalue weighted by Crippen LogP contribution is -1.99. The summed E-state index contributed by atoms with van der Waals surface area (Å²) in [7, 11) is 0. The molecule has 0 aliphatic carbocycles. The van der Waals surface area contributed by atoms with Crippen molar-refractivity contribution in [1.82, 2.24) is 9.78 Å². The summed E-state index contributed by atoms with van der Waals surface area (Å²) in [4.78, 5) is 12.2. The van der Waals surface area contributed by atoms with E-state index in [2.05, 4.69) is 5.10 Å². The van der Waals surface area contributed by atoms with Gasteiger partial charge in [-0.1, -0.05) is 42.5 Å². The highest BCUT2D eigenvalue weighted by atomic mass is 16.1. The smallest absolute Gasteiger partial charge is 0.185 e. The molecule has 116 valence electrons. The van der Waals surface area contributed by atoms with Gasteiger partial charge in [0.1, 0.15) is 0 Å². The summed E-state index contributed by atoms with van der Waals surface area (Å²) in [6, 6.07) is 18.8. The molecule has 3 aromatic rings. The molecule has 0 radical (unpaired) electrons. The van der Waals surface area contributed by atoms with Crippen molar-refractivity contribution in [3.63, 3.8) is 0 Å². The Morgan fingerprint density at radius 1 is 1.17 bits per heavy atom. The van der Waals surface area contributed by atoms with Crippen LogP contribution in [0.2, 0.25) is 0 Å². The van der Waals surface area contributed by atoms with E-state index in [1.165, 1.54) is 11.6 Å². The predicted octanol–water partition coefficient (Wildman–Crippen LogP) is 3.70. The standard InChI is InChI=1S/C20H15N3O/c21-12-17-7-4-8-19(11-17)20(24)10-9-18-13-22-23(15-18)14-16-5-2-1-3-6-16/h1-11,13,15H,14H2. The number of aromatic nitrogens is 2. The van der Waals surface area contributed by atoms with Crippen molar-refractivity contribution < 1.29 is 4.79 Å². The number of allylic oxidation sites excluding steroid dienone is 1. The highest BCUT2D eigenvalue weighted by Gasteiger charge is 2.03. The number of nitriles is 1. The van der Waals surface area contributed by atoms with Crippen LogP contribution >= 0.6 is 0 Å². The quantitative estimate of drug-likeness (QED) is 0.533. The molecule has 1 aromatic heterocycles. The molecule has 1 heterocycles. The third-order valence-corrected chi connectivity index (χ3v) is 3.54. The van der Waals surface area contributed by atoms with Gasteiger partial charge in [-0.3, -0.25) is 9.48 Å². The average Bonchev–Trinajstić information content (AvgIpc) is 3.08. The second kappa shape index (κ2) is 7.21. The van der Waals surface area contributed by atoms with E-state index >= 15 is 0 Å². The van der Waals surface area contributed by atoms with Crippen molar-refractivity contribution in [1.29, 1.82) is 5.26 Å². The normalized spacial score (nSPS) is 10.6. The number of carbonyl (C=O) groups excluding carboxylic acids is 1. The zero-order valence-corrected chi connectivity index (χ0v) is 13.0. The molecule has 0 N–H and O–H groups in total. The molecule has 3 rings (SSSR count). The fraction of sp³-hybridized carbons (Fsp3) is 0.0500.